The summed E-state index contributed by atoms with van der Waals surface area (Å²) in [6.07, 6.45) is -5.69. The summed E-state index contributed by atoms with van der Waals surface area (Å²) in [5.74, 6) is -5.94. The van der Waals surface area contributed by atoms with Crippen molar-refractivity contribution in [2.24, 2.45) is 0 Å². The Morgan fingerprint density at radius 1 is 1.35 bits per heavy atom. The van der Waals surface area contributed by atoms with Crippen LogP contribution in [0.1, 0.15) is 15.2 Å². The molecule has 0 atom stereocenters. The number of thiophene rings is 1. The van der Waals surface area contributed by atoms with Crippen molar-refractivity contribution >= 4 is 33.2 Å². The summed E-state index contributed by atoms with van der Waals surface area (Å²) in [5.41, 5.74) is -0.513. The fourth-order valence-corrected chi connectivity index (χ4v) is 1.97. The first-order chi connectivity index (χ1) is 7.70. The van der Waals surface area contributed by atoms with Crippen molar-refractivity contribution in [2.45, 2.75) is 12.1 Å². The minimum atomic E-state index is -5.69. The van der Waals surface area contributed by atoms with Gasteiger partial charge in [0.2, 0.25) is 0 Å². The molecular weight excluding hydrogens is 335 g/mol. The van der Waals surface area contributed by atoms with Crippen LogP contribution in [0.25, 0.3) is 0 Å². The molecule has 2 nitrogen and oxygen atoms in total. The molecule has 0 spiro atoms. The first-order valence-corrected chi connectivity index (χ1v) is 5.97. The summed E-state index contributed by atoms with van der Waals surface area (Å²) in [7, 11) is 0. The molecule has 0 radical (unpaired) electrons. The molecule has 0 saturated heterocycles. The Bertz CT molecular complexity index is 414. The zero-order valence-electron chi connectivity index (χ0n) is 7.85. The topological polar surface area (TPSA) is 26.3 Å². The van der Waals surface area contributed by atoms with Gasteiger partial charge in [-0.1, -0.05) is 0 Å². The highest BCUT2D eigenvalue weighted by Gasteiger charge is 2.59. The van der Waals surface area contributed by atoms with E-state index in [0.717, 1.165) is 5.38 Å². The van der Waals surface area contributed by atoms with Gasteiger partial charge < -0.3 is 4.74 Å². The lowest BCUT2D eigenvalue weighted by Crippen LogP contribution is -2.32. The zero-order valence-corrected chi connectivity index (χ0v) is 10.3. The first kappa shape index (κ1) is 14.4. The normalized spacial score (nSPS) is 12.6. The Balaban J connectivity index is 2.99. The van der Waals surface area contributed by atoms with Gasteiger partial charge in [-0.3, -0.25) is 0 Å². The lowest BCUT2D eigenvalue weighted by atomic mass is 10.2. The van der Waals surface area contributed by atoms with E-state index in [2.05, 4.69) is 20.7 Å². The standard InChI is InChI=1S/C8H4BrF5O2S/c9-3-16-6(15)4-1-5(17-2-4)7(10,11)8(12,13)14/h1-2H,3H2. The van der Waals surface area contributed by atoms with Crippen molar-refractivity contribution in [2.75, 3.05) is 5.52 Å². The first-order valence-electron chi connectivity index (χ1n) is 3.96. The smallest absolute Gasteiger partial charge is 0.450 e. The van der Waals surface area contributed by atoms with Gasteiger partial charge in [-0.15, -0.1) is 11.3 Å². The van der Waals surface area contributed by atoms with E-state index in [1.807, 2.05) is 0 Å². The summed E-state index contributed by atoms with van der Waals surface area (Å²) >= 11 is 2.91. The molecular formula is C8H4BrF5O2S. The minimum Gasteiger partial charge on any atom is -0.450 e. The summed E-state index contributed by atoms with van der Waals surface area (Å²) in [4.78, 5) is 9.82. The van der Waals surface area contributed by atoms with Gasteiger partial charge in [0.25, 0.3) is 0 Å². The molecule has 17 heavy (non-hydrogen) atoms. The molecule has 0 bridgehead atoms. The lowest BCUT2D eigenvalue weighted by Gasteiger charge is -2.17. The van der Waals surface area contributed by atoms with Crippen LogP contribution in [-0.4, -0.2) is 17.7 Å². The maximum atomic E-state index is 12.8. The van der Waals surface area contributed by atoms with Crippen molar-refractivity contribution < 1.29 is 31.5 Å². The van der Waals surface area contributed by atoms with E-state index >= 15 is 0 Å². The second kappa shape index (κ2) is 4.89. The van der Waals surface area contributed by atoms with Crippen LogP contribution in [0, 0.1) is 0 Å². The predicted molar refractivity (Wildman–Crippen MR) is 53.5 cm³/mol. The molecule has 1 aromatic rings. The summed E-state index contributed by atoms with van der Waals surface area (Å²) in [5, 5.41) is 0.889. The molecule has 0 unspecified atom stereocenters. The molecule has 1 rings (SSSR count). The van der Waals surface area contributed by atoms with E-state index < -0.39 is 22.9 Å². The third-order valence-electron chi connectivity index (χ3n) is 1.69. The molecule has 0 aliphatic rings. The van der Waals surface area contributed by atoms with Crippen molar-refractivity contribution in [3.05, 3.63) is 21.9 Å². The molecule has 0 aliphatic heterocycles. The zero-order chi connectivity index (χ0) is 13.3. The summed E-state index contributed by atoms with van der Waals surface area (Å²) < 4.78 is 66.1. The van der Waals surface area contributed by atoms with E-state index in [4.69, 9.17) is 0 Å². The van der Waals surface area contributed by atoms with E-state index in [9.17, 15) is 26.7 Å². The fourth-order valence-electron chi connectivity index (χ4n) is 0.881. The quantitative estimate of drug-likeness (QED) is 0.474. The predicted octanol–water partition coefficient (Wildman–Crippen LogP) is 3.91. The monoisotopic (exact) mass is 338 g/mol. The number of ether oxygens (including phenoxy) is 1. The maximum Gasteiger partial charge on any atom is 0.458 e. The molecule has 1 heterocycles. The van der Waals surface area contributed by atoms with Gasteiger partial charge in [0.05, 0.1) is 10.4 Å². The molecule has 0 saturated carbocycles. The van der Waals surface area contributed by atoms with Gasteiger partial charge in [-0.2, -0.15) is 22.0 Å². The number of hydrogen-bond acceptors (Lipinski definition) is 3. The molecule has 0 aliphatic carbocycles. The van der Waals surface area contributed by atoms with Crippen LogP contribution in [0.15, 0.2) is 11.4 Å². The highest BCUT2D eigenvalue weighted by molar-refractivity contribution is 9.09. The second-order valence-corrected chi connectivity index (χ2v) is 4.18. The van der Waals surface area contributed by atoms with Gasteiger partial charge in [0.15, 0.2) is 0 Å². The minimum absolute atomic E-state index is 0.151. The number of hydrogen-bond donors (Lipinski definition) is 0. The van der Waals surface area contributed by atoms with E-state index in [1.165, 1.54) is 0 Å². The van der Waals surface area contributed by atoms with Crippen molar-refractivity contribution in [1.29, 1.82) is 0 Å². The third kappa shape index (κ3) is 2.95. The van der Waals surface area contributed by atoms with E-state index in [-0.39, 0.29) is 22.4 Å². The number of carbonyl (C=O) groups excluding carboxylic acids is 1. The number of esters is 1. The van der Waals surface area contributed by atoms with Crippen LogP contribution in [-0.2, 0) is 10.7 Å². The second-order valence-electron chi connectivity index (χ2n) is 2.81. The Morgan fingerprint density at radius 3 is 2.41 bits per heavy atom. The van der Waals surface area contributed by atoms with E-state index in [0.29, 0.717) is 6.07 Å². The number of carbonyl (C=O) groups is 1. The van der Waals surface area contributed by atoms with Gasteiger partial charge in [-0.25, -0.2) is 4.79 Å². The van der Waals surface area contributed by atoms with Gasteiger partial charge in [-0.05, 0) is 22.0 Å². The van der Waals surface area contributed by atoms with Crippen LogP contribution in [0.4, 0.5) is 22.0 Å². The molecule has 0 aromatic carbocycles. The fraction of sp³-hybridized carbons (Fsp3) is 0.375. The largest absolute Gasteiger partial charge is 0.458 e. The van der Waals surface area contributed by atoms with Gasteiger partial charge in [0.1, 0.15) is 5.52 Å². The van der Waals surface area contributed by atoms with Crippen LogP contribution in [0.2, 0.25) is 0 Å². The molecule has 0 N–H and O–H groups in total. The Kier molecular flexibility index (Phi) is 4.13. The highest BCUT2D eigenvalue weighted by Crippen LogP contribution is 2.46. The lowest BCUT2D eigenvalue weighted by molar-refractivity contribution is -0.287. The van der Waals surface area contributed by atoms with Crippen LogP contribution in [0.3, 0.4) is 0 Å². The van der Waals surface area contributed by atoms with Gasteiger partial charge >= 0.3 is 18.1 Å². The molecule has 96 valence electrons. The van der Waals surface area contributed by atoms with Crippen LogP contribution >= 0.6 is 27.3 Å². The van der Waals surface area contributed by atoms with E-state index in [1.54, 1.807) is 0 Å². The maximum absolute atomic E-state index is 12.8. The third-order valence-corrected chi connectivity index (χ3v) is 2.92. The molecule has 0 amide bonds. The number of alkyl halides is 6. The van der Waals surface area contributed by atoms with Crippen molar-refractivity contribution in [1.82, 2.24) is 0 Å². The molecule has 1 aromatic heterocycles. The summed E-state index contributed by atoms with van der Waals surface area (Å²) in [6.45, 7) is 0. The Morgan fingerprint density at radius 2 is 1.94 bits per heavy atom. The average Bonchev–Trinajstić information content (AvgIpc) is 2.65. The Hall–Kier alpha value is -0.700. The molecule has 9 heteroatoms. The highest BCUT2D eigenvalue weighted by atomic mass is 79.9. The Labute approximate surface area is 105 Å². The SMILES string of the molecule is O=C(OCBr)c1csc(C(F)(F)C(F)(F)F)c1. The van der Waals surface area contributed by atoms with Crippen LogP contribution < -0.4 is 0 Å². The van der Waals surface area contributed by atoms with Crippen LogP contribution in [0.5, 0.6) is 0 Å². The molecule has 0 fully saturated rings. The number of halogens is 6. The van der Waals surface area contributed by atoms with Crippen molar-refractivity contribution in [3.63, 3.8) is 0 Å². The van der Waals surface area contributed by atoms with Gasteiger partial charge in [0, 0.05) is 5.38 Å². The van der Waals surface area contributed by atoms with Crippen molar-refractivity contribution in [3.8, 4) is 0 Å². The number of rotatable bonds is 3. The summed E-state index contributed by atoms with van der Waals surface area (Å²) in [6, 6.07) is 0.475. The average molecular weight is 339 g/mol.